The van der Waals surface area contributed by atoms with Crippen LogP contribution in [0.3, 0.4) is 0 Å². The van der Waals surface area contributed by atoms with Crippen LogP contribution in [0.4, 0.5) is 0 Å². The second-order valence-corrected chi connectivity index (χ2v) is 7.94. The van der Waals surface area contributed by atoms with Gasteiger partial charge in [0.1, 0.15) is 0 Å². The Morgan fingerprint density at radius 1 is 1.33 bits per heavy atom. The summed E-state index contributed by atoms with van der Waals surface area (Å²) in [5.74, 6) is 0.534. The van der Waals surface area contributed by atoms with Crippen LogP contribution < -0.4 is 4.74 Å². The van der Waals surface area contributed by atoms with E-state index in [9.17, 15) is 4.79 Å². The van der Waals surface area contributed by atoms with Gasteiger partial charge in [-0.1, -0.05) is 0 Å². The Balaban J connectivity index is 2.13. The molecule has 1 aromatic heterocycles. The van der Waals surface area contributed by atoms with E-state index >= 15 is 0 Å². The van der Waals surface area contributed by atoms with Crippen molar-refractivity contribution in [3.8, 4) is 5.75 Å². The number of rotatable bonds is 2. The van der Waals surface area contributed by atoms with Crippen LogP contribution >= 0.6 is 0 Å². The van der Waals surface area contributed by atoms with E-state index in [1.165, 1.54) is 27.7 Å². The Hall–Kier alpha value is -1.09. The number of ether oxygens (including phenoxy) is 1. The van der Waals surface area contributed by atoms with Crippen molar-refractivity contribution in [2.45, 2.75) is 33.6 Å². The van der Waals surface area contributed by atoms with Crippen molar-refractivity contribution in [3.63, 3.8) is 0 Å². The summed E-state index contributed by atoms with van der Waals surface area (Å²) < 4.78 is 8.51. The number of likely N-dealkylation sites (N-methyl/N-ethyl adjacent to an activating group) is 1. The molecule has 0 fully saturated rings. The van der Waals surface area contributed by atoms with E-state index in [0.717, 1.165) is 38.2 Å². The third kappa shape index (κ3) is 2.80. The first-order valence-corrected chi connectivity index (χ1v) is 9.26. The molecule has 3 nitrogen and oxygen atoms in total. The Bertz CT molecular complexity index is 690. The van der Waals surface area contributed by atoms with Crippen molar-refractivity contribution >= 4 is 30.1 Å². The van der Waals surface area contributed by atoms with Crippen LogP contribution in [-0.4, -0.2) is 45.0 Å². The van der Waals surface area contributed by atoms with Gasteiger partial charge in [-0.3, -0.25) is 0 Å². The van der Waals surface area contributed by atoms with Crippen LogP contribution in [0.5, 0.6) is 5.75 Å². The standard InChI is InChI=1S/C17H21NO2Se/c1-4-18-9-7-13-15(8-10-18)21-17-11(2)5-6-14(16(13)17)20-12(3)19/h5-6H,4,7-10H2,1-3H3. The van der Waals surface area contributed by atoms with Crippen molar-refractivity contribution in [2.24, 2.45) is 0 Å². The number of fused-ring (bicyclic) bond motifs is 3. The quantitative estimate of drug-likeness (QED) is 0.474. The SMILES string of the molecule is CCN1CCc2[se]c3c(C)ccc(OC(C)=O)c3c2CC1. The molecule has 4 heteroatoms. The molecule has 0 radical (unpaired) electrons. The van der Waals surface area contributed by atoms with Crippen molar-refractivity contribution in [3.05, 3.63) is 27.7 Å². The van der Waals surface area contributed by atoms with Gasteiger partial charge in [-0.05, 0) is 0 Å². The van der Waals surface area contributed by atoms with E-state index in [1.807, 2.05) is 6.07 Å². The predicted octanol–water partition coefficient (Wildman–Crippen LogP) is 2.55. The van der Waals surface area contributed by atoms with Gasteiger partial charge in [0, 0.05) is 0 Å². The molecular formula is C17H21NO2Se. The molecule has 0 unspecified atom stereocenters. The second kappa shape index (κ2) is 5.96. The summed E-state index contributed by atoms with van der Waals surface area (Å²) in [5.41, 5.74) is 2.79. The molecule has 0 spiro atoms. The number of esters is 1. The van der Waals surface area contributed by atoms with Crippen LogP contribution in [-0.2, 0) is 17.6 Å². The molecular weight excluding hydrogens is 329 g/mol. The molecule has 2 heterocycles. The summed E-state index contributed by atoms with van der Waals surface area (Å²) >= 11 is 0.397. The predicted molar refractivity (Wildman–Crippen MR) is 86.5 cm³/mol. The number of benzene rings is 1. The van der Waals surface area contributed by atoms with E-state index in [4.69, 9.17) is 4.74 Å². The van der Waals surface area contributed by atoms with Crippen LogP contribution in [0.1, 0.15) is 29.4 Å². The van der Waals surface area contributed by atoms with E-state index in [-0.39, 0.29) is 5.97 Å². The Labute approximate surface area is 131 Å². The maximum atomic E-state index is 11.4. The zero-order valence-corrected chi connectivity index (χ0v) is 14.6. The average molecular weight is 350 g/mol. The molecule has 2 aromatic rings. The number of nitrogens with zero attached hydrogens (tertiary/aromatic N) is 1. The minimum atomic E-state index is -0.230. The summed E-state index contributed by atoms with van der Waals surface area (Å²) in [7, 11) is 0. The number of aryl methyl sites for hydroxylation is 1. The summed E-state index contributed by atoms with van der Waals surface area (Å²) in [6.45, 7) is 9.26. The van der Waals surface area contributed by atoms with Crippen LogP contribution in [0.25, 0.3) is 9.65 Å². The van der Waals surface area contributed by atoms with Crippen molar-refractivity contribution in [1.29, 1.82) is 0 Å². The van der Waals surface area contributed by atoms with Gasteiger partial charge in [-0.2, -0.15) is 0 Å². The van der Waals surface area contributed by atoms with Gasteiger partial charge >= 0.3 is 131 Å². The molecule has 0 saturated carbocycles. The summed E-state index contributed by atoms with van der Waals surface area (Å²) in [4.78, 5) is 13.9. The molecule has 0 amide bonds. The summed E-state index contributed by atoms with van der Waals surface area (Å²) in [6.07, 6.45) is 2.24. The van der Waals surface area contributed by atoms with E-state index in [2.05, 4.69) is 24.8 Å². The molecule has 1 aliphatic heterocycles. The topological polar surface area (TPSA) is 29.5 Å². The molecule has 3 rings (SSSR count). The fourth-order valence-electron chi connectivity index (χ4n) is 3.07. The van der Waals surface area contributed by atoms with Gasteiger partial charge < -0.3 is 0 Å². The summed E-state index contributed by atoms with van der Waals surface area (Å²) in [6, 6.07) is 4.05. The van der Waals surface area contributed by atoms with Gasteiger partial charge in [0.25, 0.3) is 0 Å². The summed E-state index contributed by atoms with van der Waals surface area (Å²) in [5, 5.41) is 1.23. The van der Waals surface area contributed by atoms with E-state index in [0.29, 0.717) is 14.5 Å². The number of hydrogen-bond acceptors (Lipinski definition) is 3. The van der Waals surface area contributed by atoms with Gasteiger partial charge in [0.05, 0.1) is 0 Å². The zero-order valence-electron chi connectivity index (χ0n) is 12.9. The fourth-order valence-corrected chi connectivity index (χ4v) is 5.85. The normalized spacial score (nSPS) is 15.8. The fraction of sp³-hybridized carbons (Fsp3) is 0.471. The third-order valence-corrected chi connectivity index (χ3v) is 7.21. The number of carbonyl (C=O) groups excluding carboxylic acids is 1. The van der Waals surface area contributed by atoms with Gasteiger partial charge in [0.15, 0.2) is 0 Å². The molecule has 1 aliphatic rings. The van der Waals surface area contributed by atoms with E-state index in [1.54, 1.807) is 4.44 Å². The van der Waals surface area contributed by atoms with Crippen molar-refractivity contribution in [2.75, 3.05) is 19.6 Å². The zero-order chi connectivity index (χ0) is 15.0. The second-order valence-electron chi connectivity index (χ2n) is 5.62. The monoisotopic (exact) mass is 351 g/mol. The third-order valence-electron chi connectivity index (χ3n) is 4.21. The first-order chi connectivity index (χ1) is 10.1. The van der Waals surface area contributed by atoms with Gasteiger partial charge in [-0.15, -0.1) is 0 Å². The first-order valence-electron chi connectivity index (χ1n) is 7.54. The number of carbonyl (C=O) groups is 1. The van der Waals surface area contributed by atoms with Crippen LogP contribution in [0.15, 0.2) is 12.1 Å². The molecule has 0 saturated heterocycles. The molecule has 0 bridgehead atoms. The van der Waals surface area contributed by atoms with Crippen molar-refractivity contribution < 1.29 is 9.53 Å². The average Bonchev–Trinajstić information content (AvgIpc) is 2.70. The maximum absolute atomic E-state index is 11.4. The minimum absolute atomic E-state index is 0.230. The first kappa shape index (κ1) is 14.8. The molecule has 112 valence electrons. The van der Waals surface area contributed by atoms with Crippen molar-refractivity contribution in [1.82, 2.24) is 4.90 Å². The van der Waals surface area contributed by atoms with E-state index < -0.39 is 0 Å². The Morgan fingerprint density at radius 3 is 2.81 bits per heavy atom. The van der Waals surface area contributed by atoms with Gasteiger partial charge in [-0.25, -0.2) is 0 Å². The number of hydrogen-bond donors (Lipinski definition) is 0. The molecule has 1 aromatic carbocycles. The molecule has 21 heavy (non-hydrogen) atoms. The van der Waals surface area contributed by atoms with Gasteiger partial charge in [0.2, 0.25) is 0 Å². The molecule has 0 N–H and O–H groups in total. The Morgan fingerprint density at radius 2 is 2.10 bits per heavy atom. The Kier molecular flexibility index (Phi) is 4.21. The van der Waals surface area contributed by atoms with Crippen LogP contribution in [0, 0.1) is 6.92 Å². The van der Waals surface area contributed by atoms with Crippen LogP contribution in [0.2, 0.25) is 0 Å². The molecule has 0 atom stereocenters. The molecule has 0 aliphatic carbocycles.